The molecule has 19 heavy (non-hydrogen) atoms. The summed E-state index contributed by atoms with van der Waals surface area (Å²) in [7, 11) is 1.30. The molecule has 0 radical (unpaired) electrons. The Morgan fingerprint density at radius 2 is 2.16 bits per heavy atom. The smallest absolute Gasteiger partial charge is 0.406 e. The fraction of sp³-hybridized carbons (Fsp3) is 0.846. The minimum absolute atomic E-state index is 0.0226. The molecule has 0 aromatic heterocycles. The third-order valence-corrected chi connectivity index (χ3v) is 4.96. The highest BCUT2D eigenvalue weighted by molar-refractivity contribution is 5.78. The number of carbonyl (C=O) groups excluding carboxylic acids is 2. The zero-order valence-corrected chi connectivity index (χ0v) is 11.0. The predicted molar refractivity (Wildman–Crippen MR) is 66.2 cm³/mol. The van der Waals surface area contributed by atoms with Crippen molar-refractivity contribution >= 4 is 12.0 Å². The molecule has 5 atom stereocenters. The first-order valence-corrected chi connectivity index (χ1v) is 6.91. The summed E-state index contributed by atoms with van der Waals surface area (Å²) in [6, 6.07) is 0.0226. The standard InChI is InChI=1S/C13H20N2O4/c1-19-13(18)14-3-2-10(16)15-6-8-4-7-5-9(8)11(15)12(7)17/h7-9,11-12,17H,2-6H2,1H3,(H,14,18). The van der Waals surface area contributed by atoms with E-state index in [1.165, 1.54) is 7.11 Å². The first-order valence-electron chi connectivity index (χ1n) is 6.91. The summed E-state index contributed by atoms with van der Waals surface area (Å²) in [5.74, 6) is 1.50. The number of hydrogen-bond donors (Lipinski definition) is 2. The van der Waals surface area contributed by atoms with Gasteiger partial charge in [-0.25, -0.2) is 4.79 Å². The number of alkyl carbamates (subject to hydrolysis) is 1. The Morgan fingerprint density at radius 3 is 2.84 bits per heavy atom. The van der Waals surface area contributed by atoms with E-state index in [9.17, 15) is 14.7 Å². The van der Waals surface area contributed by atoms with Gasteiger partial charge >= 0.3 is 6.09 Å². The largest absolute Gasteiger partial charge is 0.453 e. The van der Waals surface area contributed by atoms with Crippen LogP contribution in [0.4, 0.5) is 4.79 Å². The second kappa shape index (κ2) is 4.67. The van der Waals surface area contributed by atoms with Crippen molar-refractivity contribution in [2.45, 2.75) is 31.4 Å². The van der Waals surface area contributed by atoms with Crippen LogP contribution in [0.15, 0.2) is 0 Å². The Bertz CT molecular complexity index is 398. The van der Waals surface area contributed by atoms with Crippen LogP contribution in [-0.4, -0.2) is 54.4 Å². The van der Waals surface area contributed by atoms with E-state index >= 15 is 0 Å². The van der Waals surface area contributed by atoms with Crippen LogP contribution in [-0.2, 0) is 9.53 Å². The summed E-state index contributed by atoms with van der Waals surface area (Å²) in [6.07, 6.45) is 1.53. The molecule has 1 aliphatic heterocycles. The van der Waals surface area contributed by atoms with Crippen LogP contribution < -0.4 is 5.32 Å². The van der Waals surface area contributed by atoms with Gasteiger partial charge in [0.25, 0.3) is 0 Å². The molecule has 1 saturated heterocycles. The molecule has 3 aliphatic rings. The van der Waals surface area contributed by atoms with Gasteiger partial charge in [-0.05, 0) is 30.6 Å². The van der Waals surface area contributed by atoms with E-state index in [0.717, 1.165) is 19.4 Å². The van der Waals surface area contributed by atoms with Crippen LogP contribution in [0.5, 0.6) is 0 Å². The number of ether oxygens (including phenoxy) is 1. The third kappa shape index (κ3) is 1.98. The summed E-state index contributed by atoms with van der Waals surface area (Å²) in [4.78, 5) is 24.9. The Kier molecular flexibility index (Phi) is 3.12. The molecule has 2 aliphatic carbocycles. The summed E-state index contributed by atoms with van der Waals surface area (Å²) >= 11 is 0. The van der Waals surface area contributed by atoms with Gasteiger partial charge in [0.2, 0.25) is 5.91 Å². The van der Waals surface area contributed by atoms with E-state index in [1.54, 1.807) is 0 Å². The van der Waals surface area contributed by atoms with Crippen molar-refractivity contribution in [2.75, 3.05) is 20.2 Å². The fourth-order valence-corrected chi connectivity index (χ4v) is 4.19. The number of rotatable bonds is 3. The molecule has 6 nitrogen and oxygen atoms in total. The van der Waals surface area contributed by atoms with Gasteiger partial charge in [0.1, 0.15) is 0 Å². The SMILES string of the molecule is COC(=O)NCCC(=O)N1CC2CC3CC2C1C3O. The zero-order valence-electron chi connectivity index (χ0n) is 11.0. The van der Waals surface area contributed by atoms with Crippen molar-refractivity contribution in [3.05, 3.63) is 0 Å². The molecule has 2 N–H and O–H groups in total. The summed E-state index contributed by atoms with van der Waals surface area (Å²) in [5, 5.41) is 12.7. The van der Waals surface area contributed by atoms with Crippen LogP contribution in [0, 0.1) is 17.8 Å². The van der Waals surface area contributed by atoms with Crippen LogP contribution >= 0.6 is 0 Å². The quantitative estimate of drug-likeness (QED) is 0.753. The Morgan fingerprint density at radius 1 is 1.37 bits per heavy atom. The van der Waals surface area contributed by atoms with E-state index in [0.29, 0.717) is 17.8 Å². The number of fused-ring (bicyclic) bond motifs is 1. The summed E-state index contributed by atoms with van der Waals surface area (Å²) in [5.41, 5.74) is 0. The monoisotopic (exact) mass is 268 g/mol. The second-order valence-electron chi connectivity index (χ2n) is 5.85. The topological polar surface area (TPSA) is 78.9 Å². The highest BCUT2D eigenvalue weighted by Gasteiger charge is 2.59. The highest BCUT2D eigenvalue weighted by Crippen LogP contribution is 2.54. The molecule has 106 valence electrons. The maximum atomic E-state index is 12.2. The lowest BCUT2D eigenvalue weighted by molar-refractivity contribution is -0.134. The molecular weight excluding hydrogens is 248 g/mol. The molecule has 2 saturated carbocycles. The van der Waals surface area contributed by atoms with E-state index in [-0.39, 0.29) is 31.0 Å². The Hall–Kier alpha value is -1.30. The molecule has 0 aromatic carbocycles. The molecule has 3 rings (SSSR count). The van der Waals surface area contributed by atoms with Crippen molar-refractivity contribution in [3.8, 4) is 0 Å². The Balaban J connectivity index is 1.55. The fourth-order valence-electron chi connectivity index (χ4n) is 4.19. The van der Waals surface area contributed by atoms with Crippen molar-refractivity contribution in [1.29, 1.82) is 0 Å². The van der Waals surface area contributed by atoms with Crippen LogP contribution in [0.25, 0.3) is 0 Å². The maximum absolute atomic E-state index is 12.2. The molecule has 6 heteroatoms. The van der Waals surface area contributed by atoms with Gasteiger partial charge in [-0.1, -0.05) is 0 Å². The second-order valence-corrected chi connectivity index (χ2v) is 5.85. The maximum Gasteiger partial charge on any atom is 0.406 e. The van der Waals surface area contributed by atoms with Crippen molar-refractivity contribution < 1.29 is 19.4 Å². The first-order chi connectivity index (χ1) is 9.11. The van der Waals surface area contributed by atoms with Crippen molar-refractivity contribution in [1.82, 2.24) is 10.2 Å². The normalized spacial score (nSPS) is 38.6. The Labute approximate surface area is 112 Å². The molecule has 1 heterocycles. The van der Waals surface area contributed by atoms with Gasteiger partial charge in [-0.2, -0.15) is 0 Å². The van der Waals surface area contributed by atoms with Gasteiger partial charge in [0, 0.05) is 19.5 Å². The number of amides is 2. The number of likely N-dealkylation sites (tertiary alicyclic amines) is 1. The number of carbonyl (C=O) groups is 2. The number of nitrogens with zero attached hydrogens (tertiary/aromatic N) is 1. The number of nitrogens with one attached hydrogen (secondary N) is 1. The van der Waals surface area contributed by atoms with E-state index in [1.807, 2.05) is 4.90 Å². The first kappa shape index (κ1) is 12.7. The number of methoxy groups -OCH3 is 1. The summed E-state index contributed by atoms with van der Waals surface area (Å²) < 4.78 is 4.45. The lowest BCUT2D eigenvalue weighted by Crippen LogP contribution is -2.44. The third-order valence-electron chi connectivity index (χ3n) is 4.96. The molecule has 0 aromatic rings. The van der Waals surface area contributed by atoms with Gasteiger partial charge in [-0.3, -0.25) is 4.79 Å². The van der Waals surface area contributed by atoms with Gasteiger partial charge in [-0.15, -0.1) is 0 Å². The predicted octanol–water partition coefficient (Wildman–Crippen LogP) is -0.0398. The average molecular weight is 268 g/mol. The minimum atomic E-state index is -0.518. The molecule has 2 bridgehead atoms. The zero-order chi connectivity index (χ0) is 13.6. The minimum Gasteiger partial charge on any atom is -0.453 e. The van der Waals surface area contributed by atoms with Crippen molar-refractivity contribution in [3.63, 3.8) is 0 Å². The molecule has 3 fully saturated rings. The highest BCUT2D eigenvalue weighted by atomic mass is 16.5. The molecular formula is C13H20N2O4. The lowest BCUT2D eigenvalue weighted by atomic mass is 9.88. The lowest BCUT2D eigenvalue weighted by Gasteiger charge is -2.28. The van der Waals surface area contributed by atoms with E-state index in [4.69, 9.17) is 0 Å². The molecule has 5 unspecified atom stereocenters. The number of hydrogen-bond acceptors (Lipinski definition) is 4. The van der Waals surface area contributed by atoms with E-state index < -0.39 is 6.09 Å². The van der Waals surface area contributed by atoms with Crippen LogP contribution in [0.2, 0.25) is 0 Å². The van der Waals surface area contributed by atoms with Gasteiger partial charge in [0.15, 0.2) is 0 Å². The number of aliphatic hydroxyl groups excluding tert-OH is 1. The van der Waals surface area contributed by atoms with Gasteiger partial charge < -0.3 is 20.1 Å². The molecule has 2 amide bonds. The average Bonchev–Trinajstić information content (AvgIpc) is 2.99. The van der Waals surface area contributed by atoms with Gasteiger partial charge in [0.05, 0.1) is 19.3 Å². The van der Waals surface area contributed by atoms with Crippen LogP contribution in [0.3, 0.4) is 0 Å². The van der Waals surface area contributed by atoms with Crippen LogP contribution in [0.1, 0.15) is 19.3 Å². The van der Waals surface area contributed by atoms with E-state index in [2.05, 4.69) is 10.1 Å². The number of aliphatic hydroxyl groups is 1. The summed E-state index contributed by atoms with van der Waals surface area (Å²) in [6.45, 7) is 1.06. The van der Waals surface area contributed by atoms with Crippen molar-refractivity contribution in [2.24, 2.45) is 17.8 Å². The molecule has 0 spiro atoms.